The molecule has 2 heterocycles. The molecule has 0 aliphatic carbocycles. The van der Waals surface area contributed by atoms with Gasteiger partial charge in [-0.1, -0.05) is 66.7 Å². The third-order valence-corrected chi connectivity index (χ3v) is 10.1. The Morgan fingerprint density at radius 3 is 2.45 bits per heavy atom. The number of amides is 4. The lowest BCUT2D eigenvalue weighted by Crippen LogP contribution is -2.59. The number of aliphatic hydroxyl groups is 1. The lowest BCUT2D eigenvalue weighted by molar-refractivity contribution is -0.147. The Kier molecular flexibility index (Phi) is 11.0. The number of nitrogens with zero attached hydrogens (tertiary/aromatic N) is 1. The average Bonchev–Trinajstić information content (AvgIpc) is 3.67. The van der Waals surface area contributed by atoms with E-state index >= 15 is 0 Å². The fourth-order valence-electron chi connectivity index (χ4n) is 5.90. The van der Waals surface area contributed by atoms with Crippen molar-refractivity contribution in [3.63, 3.8) is 0 Å². The average molecular weight is 687 g/mol. The second kappa shape index (κ2) is 15.2. The summed E-state index contributed by atoms with van der Waals surface area (Å²) in [5, 5.41) is 20.6. The molecule has 0 spiro atoms. The second-order valence-electron chi connectivity index (χ2n) is 12.7. The van der Waals surface area contributed by atoms with E-state index in [1.54, 1.807) is 24.3 Å². The van der Waals surface area contributed by atoms with Gasteiger partial charge in [0.1, 0.15) is 12.1 Å². The van der Waals surface area contributed by atoms with Crippen molar-refractivity contribution in [3.8, 4) is 5.75 Å². The number of thioether (sulfide) groups is 1. The predicted octanol–water partition coefficient (Wildman–Crippen LogP) is 3.95. The van der Waals surface area contributed by atoms with E-state index in [0.29, 0.717) is 23.3 Å². The zero-order chi connectivity index (χ0) is 35.3. The van der Waals surface area contributed by atoms with E-state index in [1.807, 2.05) is 75.4 Å². The van der Waals surface area contributed by atoms with Crippen LogP contribution in [0.25, 0.3) is 11.0 Å². The number of fused-ring (bicyclic) bond motifs is 1. The quantitative estimate of drug-likeness (QED) is 0.175. The van der Waals surface area contributed by atoms with E-state index in [2.05, 4.69) is 16.0 Å². The zero-order valence-corrected chi connectivity index (χ0v) is 29.0. The molecule has 0 unspecified atom stereocenters. The number of hydrogen-bond acceptors (Lipinski definition) is 8. The summed E-state index contributed by atoms with van der Waals surface area (Å²) in [4.78, 5) is 55.5. The summed E-state index contributed by atoms with van der Waals surface area (Å²) >= 11 is 1.44. The highest BCUT2D eigenvalue weighted by Crippen LogP contribution is 2.40. The van der Waals surface area contributed by atoms with Crippen molar-refractivity contribution >= 4 is 46.4 Å². The molecule has 0 bridgehead atoms. The van der Waals surface area contributed by atoms with Crippen LogP contribution in [0.15, 0.2) is 83.3 Å². The zero-order valence-electron chi connectivity index (χ0n) is 28.2. The molecule has 1 aliphatic heterocycles. The highest BCUT2D eigenvalue weighted by Gasteiger charge is 2.49. The Morgan fingerprint density at radius 2 is 1.73 bits per heavy atom. The van der Waals surface area contributed by atoms with Gasteiger partial charge in [0.05, 0.1) is 19.0 Å². The van der Waals surface area contributed by atoms with E-state index in [1.165, 1.54) is 30.7 Å². The van der Waals surface area contributed by atoms with Crippen molar-refractivity contribution in [2.24, 2.45) is 0 Å². The fourth-order valence-corrected chi connectivity index (χ4v) is 7.04. The maximum atomic E-state index is 14.0. The maximum absolute atomic E-state index is 14.0. The molecule has 1 saturated heterocycles. The third-order valence-electron chi connectivity index (χ3n) is 8.74. The Hall–Kier alpha value is -4.81. The molecular weight excluding hydrogens is 644 g/mol. The van der Waals surface area contributed by atoms with E-state index < -0.39 is 46.7 Å². The van der Waals surface area contributed by atoms with Crippen LogP contribution >= 0.6 is 11.8 Å². The molecule has 1 fully saturated rings. The van der Waals surface area contributed by atoms with Gasteiger partial charge in [0.15, 0.2) is 23.2 Å². The van der Waals surface area contributed by atoms with Crippen LogP contribution in [-0.2, 0) is 27.3 Å². The number of benzene rings is 3. The molecule has 4 atom stereocenters. The van der Waals surface area contributed by atoms with Gasteiger partial charge in [0.25, 0.3) is 11.8 Å². The van der Waals surface area contributed by atoms with E-state index in [0.717, 1.165) is 16.7 Å². The lowest BCUT2D eigenvalue weighted by Gasteiger charge is -2.33. The molecule has 49 heavy (non-hydrogen) atoms. The molecule has 3 aromatic carbocycles. The number of nitrogens with one attached hydrogen (secondary N) is 3. The van der Waals surface area contributed by atoms with E-state index in [4.69, 9.17) is 9.15 Å². The SMILES string of the molecule is COc1cccc2cc(C(=O)N[C@@H](C)C(=O)N[C@@H](Cc3ccccc3)[C@H](O)C(=O)N3CSC(C)(C)[C@H]3C(=O)NCc3ccccc3C)oc12. The molecule has 5 rings (SSSR count). The summed E-state index contributed by atoms with van der Waals surface area (Å²) in [5.41, 5.74) is 3.18. The van der Waals surface area contributed by atoms with Crippen LogP contribution < -0.4 is 20.7 Å². The van der Waals surface area contributed by atoms with Gasteiger partial charge in [0.2, 0.25) is 11.8 Å². The number of hydrogen-bond donors (Lipinski definition) is 4. The lowest BCUT2D eigenvalue weighted by atomic mass is 9.97. The molecule has 1 aliphatic rings. The summed E-state index contributed by atoms with van der Waals surface area (Å²) < 4.78 is 10.4. The summed E-state index contributed by atoms with van der Waals surface area (Å²) in [6.45, 7) is 7.54. The van der Waals surface area contributed by atoms with Crippen LogP contribution in [0.1, 0.15) is 48.0 Å². The van der Waals surface area contributed by atoms with E-state index in [9.17, 15) is 24.3 Å². The van der Waals surface area contributed by atoms with Crippen molar-refractivity contribution in [2.45, 2.75) is 69.6 Å². The Morgan fingerprint density at radius 1 is 1.02 bits per heavy atom. The smallest absolute Gasteiger partial charge is 0.287 e. The summed E-state index contributed by atoms with van der Waals surface area (Å²) in [6, 6.07) is 20.7. The van der Waals surface area contributed by atoms with Crippen molar-refractivity contribution in [1.29, 1.82) is 0 Å². The number of methoxy groups -OCH3 is 1. The van der Waals surface area contributed by atoms with Crippen molar-refractivity contribution in [1.82, 2.24) is 20.9 Å². The molecule has 12 heteroatoms. The molecular formula is C37H42N4O7S. The predicted molar refractivity (Wildman–Crippen MR) is 188 cm³/mol. The van der Waals surface area contributed by atoms with Crippen molar-refractivity contribution in [3.05, 3.63) is 101 Å². The first-order valence-electron chi connectivity index (χ1n) is 16.1. The number of para-hydroxylation sites is 1. The Balaban J connectivity index is 1.30. The second-order valence-corrected chi connectivity index (χ2v) is 14.3. The summed E-state index contributed by atoms with van der Waals surface area (Å²) in [7, 11) is 1.50. The minimum Gasteiger partial charge on any atom is -0.493 e. The number of furan rings is 1. The number of carbonyl (C=O) groups is 4. The number of rotatable bonds is 12. The minimum atomic E-state index is -1.68. The highest BCUT2D eigenvalue weighted by molar-refractivity contribution is 8.00. The number of aliphatic hydroxyl groups excluding tert-OH is 1. The first-order valence-corrected chi connectivity index (χ1v) is 17.0. The fraction of sp³-hybridized carbons (Fsp3) is 0.351. The van der Waals surface area contributed by atoms with E-state index in [-0.39, 0.29) is 24.0 Å². The first-order chi connectivity index (χ1) is 23.4. The summed E-state index contributed by atoms with van der Waals surface area (Å²) in [5.74, 6) is -1.59. The number of ether oxygens (including phenoxy) is 1. The van der Waals surface area contributed by atoms with Gasteiger partial charge in [-0.15, -0.1) is 11.8 Å². The molecule has 4 aromatic rings. The van der Waals surface area contributed by atoms with Gasteiger partial charge in [0, 0.05) is 16.7 Å². The van der Waals surface area contributed by atoms with Gasteiger partial charge < -0.3 is 35.1 Å². The van der Waals surface area contributed by atoms with Gasteiger partial charge in [-0.3, -0.25) is 19.2 Å². The standard InChI is InChI=1S/C37H42N4O7S/c1-22-12-9-10-15-26(22)20-38-35(45)32-37(3,4)49-21-41(32)36(46)30(42)27(18-24-13-7-6-8-14-24)40-33(43)23(2)39-34(44)29-19-25-16-11-17-28(47-5)31(25)48-29/h6-17,19,23,27,30,32,42H,18,20-21H2,1-5H3,(H,38,45)(H,39,44)(H,40,43)/t23-,27-,30-,32+/m0/s1. The Bertz CT molecular complexity index is 1830. The van der Waals surface area contributed by atoms with Gasteiger partial charge >= 0.3 is 0 Å². The molecule has 258 valence electrons. The van der Waals surface area contributed by atoms with Crippen LogP contribution in [0.3, 0.4) is 0 Å². The third kappa shape index (κ3) is 8.09. The van der Waals surface area contributed by atoms with Crippen molar-refractivity contribution < 1.29 is 33.4 Å². The highest BCUT2D eigenvalue weighted by atomic mass is 32.2. The Labute approximate surface area is 289 Å². The maximum Gasteiger partial charge on any atom is 0.287 e. The normalized spacial score (nSPS) is 17.2. The topological polar surface area (TPSA) is 150 Å². The van der Waals surface area contributed by atoms with Crippen LogP contribution in [0.4, 0.5) is 0 Å². The van der Waals surface area contributed by atoms with Crippen molar-refractivity contribution in [2.75, 3.05) is 13.0 Å². The largest absolute Gasteiger partial charge is 0.493 e. The molecule has 0 radical (unpaired) electrons. The molecule has 4 amide bonds. The van der Waals surface area contributed by atoms with Crippen LogP contribution in [0.2, 0.25) is 0 Å². The number of carbonyl (C=O) groups excluding carboxylic acids is 4. The van der Waals surface area contributed by atoms with Crippen LogP contribution in [0, 0.1) is 6.92 Å². The number of aryl methyl sites for hydroxylation is 1. The minimum absolute atomic E-state index is 0.00362. The van der Waals surface area contributed by atoms with Crippen LogP contribution in [-0.4, -0.2) is 75.6 Å². The molecule has 1 aromatic heterocycles. The molecule has 4 N–H and O–H groups in total. The van der Waals surface area contributed by atoms with Gasteiger partial charge in [-0.05, 0) is 62.9 Å². The van der Waals surface area contributed by atoms with Crippen LogP contribution in [0.5, 0.6) is 5.75 Å². The summed E-state index contributed by atoms with van der Waals surface area (Å²) in [6.07, 6.45) is -1.56. The van der Waals surface area contributed by atoms with Gasteiger partial charge in [-0.25, -0.2) is 0 Å². The van der Waals surface area contributed by atoms with Gasteiger partial charge in [-0.2, -0.15) is 0 Å². The molecule has 11 nitrogen and oxygen atoms in total. The monoisotopic (exact) mass is 686 g/mol. The molecule has 0 saturated carbocycles. The first kappa shape index (κ1) is 35.5.